The molecule has 0 heterocycles. The Labute approximate surface area is 162 Å². The number of carbonyl (C=O) groups is 1. The second-order valence-corrected chi connectivity index (χ2v) is 9.17. The molecule has 0 aliphatic rings. The van der Waals surface area contributed by atoms with Crippen LogP contribution in [0, 0.1) is 0 Å². The number of rotatable bonds is 6. The zero-order valence-corrected chi connectivity index (χ0v) is 17.4. The van der Waals surface area contributed by atoms with Crippen molar-refractivity contribution in [3.05, 3.63) is 59.2 Å². The summed E-state index contributed by atoms with van der Waals surface area (Å²) in [7, 11) is -3.62. The molecule has 0 aliphatic heterocycles. The van der Waals surface area contributed by atoms with Gasteiger partial charge in [-0.25, -0.2) is 13.1 Å². The van der Waals surface area contributed by atoms with Gasteiger partial charge >= 0.3 is 0 Å². The predicted octanol–water partition coefficient (Wildman–Crippen LogP) is 4.14. The molecule has 0 saturated carbocycles. The molecule has 2 aromatic rings. The maximum absolute atomic E-state index is 12.7. The first-order chi connectivity index (χ1) is 12.6. The maximum Gasteiger partial charge on any atom is 0.255 e. The lowest BCUT2D eigenvalue weighted by molar-refractivity contribution is 0.102. The average molecular weight is 389 g/mol. The van der Waals surface area contributed by atoms with E-state index in [-0.39, 0.29) is 10.8 Å². The Morgan fingerprint density at radius 3 is 1.89 bits per heavy atom. The summed E-state index contributed by atoms with van der Waals surface area (Å²) < 4.78 is 27.4. The van der Waals surface area contributed by atoms with Gasteiger partial charge in [-0.15, -0.1) is 0 Å². The molecule has 0 saturated heterocycles. The van der Waals surface area contributed by atoms with Crippen molar-refractivity contribution in [1.82, 2.24) is 4.72 Å². The molecule has 0 atom stereocenters. The van der Waals surface area contributed by atoms with Crippen molar-refractivity contribution in [1.29, 1.82) is 0 Å². The molecule has 0 spiro atoms. The van der Waals surface area contributed by atoms with Gasteiger partial charge < -0.3 is 5.32 Å². The van der Waals surface area contributed by atoms with Gasteiger partial charge in [0.2, 0.25) is 10.0 Å². The van der Waals surface area contributed by atoms with E-state index in [1.807, 2.05) is 32.0 Å². The van der Waals surface area contributed by atoms with E-state index in [0.717, 1.165) is 29.7 Å². The molecule has 0 bridgehead atoms. The monoisotopic (exact) mass is 388 g/mol. The van der Waals surface area contributed by atoms with Crippen LogP contribution in [0.15, 0.2) is 47.4 Å². The van der Waals surface area contributed by atoms with E-state index < -0.39 is 15.6 Å². The van der Waals surface area contributed by atoms with Crippen molar-refractivity contribution in [2.45, 2.75) is 57.9 Å². The van der Waals surface area contributed by atoms with Crippen LogP contribution in [0.1, 0.15) is 56.1 Å². The van der Waals surface area contributed by atoms with Gasteiger partial charge in [-0.05, 0) is 69.0 Å². The Kier molecular flexibility index (Phi) is 6.44. The molecule has 0 aromatic heterocycles. The minimum Gasteiger partial charge on any atom is -0.321 e. The fourth-order valence-corrected chi connectivity index (χ4v) is 4.25. The van der Waals surface area contributed by atoms with Crippen molar-refractivity contribution in [2.24, 2.45) is 0 Å². The predicted molar refractivity (Wildman–Crippen MR) is 110 cm³/mol. The maximum atomic E-state index is 12.7. The summed E-state index contributed by atoms with van der Waals surface area (Å²) in [5.41, 5.74) is 2.85. The molecule has 2 N–H and O–H groups in total. The number of para-hydroxylation sites is 1. The molecule has 0 fully saturated rings. The van der Waals surface area contributed by atoms with E-state index in [2.05, 4.69) is 10.0 Å². The molecule has 0 unspecified atom stereocenters. The van der Waals surface area contributed by atoms with Crippen LogP contribution in [0.25, 0.3) is 0 Å². The van der Waals surface area contributed by atoms with Crippen molar-refractivity contribution in [3.63, 3.8) is 0 Å². The van der Waals surface area contributed by atoms with E-state index in [0.29, 0.717) is 5.56 Å². The van der Waals surface area contributed by atoms with E-state index in [1.165, 1.54) is 24.3 Å². The molecule has 27 heavy (non-hydrogen) atoms. The summed E-state index contributed by atoms with van der Waals surface area (Å²) in [6.07, 6.45) is 1.64. The Balaban J connectivity index is 2.25. The standard InChI is InChI=1S/C21H28N2O3S/c1-6-15-9-8-10-16(7-2)19(15)22-20(24)17-11-13-18(14-12-17)27(25,26)23-21(3,4)5/h8-14,23H,6-7H2,1-5H3,(H,22,24). The smallest absolute Gasteiger partial charge is 0.255 e. The molecule has 0 radical (unpaired) electrons. The van der Waals surface area contributed by atoms with Crippen molar-refractivity contribution in [3.8, 4) is 0 Å². The summed E-state index contributed by atoms with van der Waals surface area (Å²) in [4.78, 5) is 12.8. The van der Waals surface area contributed by atoms with Crippen LogP contribution in [0.5, 0.6) is 0 Å². The topological polar surface area (TPSA) is 75.3 Å². The summed E-state index contributed by atoms with van der Waals surface area (Å²) in [6, 6.07) is 12.0. The summed E-state index contributed by atoms with van der Waals surface area (Å²) in [5.74, 6) is -0.252. The SMILES string of the molecule is CCc1cccc(CC)c1NC(=O)c1ccc(S(=O)(=O)NC(C)(C)C)cc1. The van der Waals surface area contributed by atoms with E-state index >= 15 is 0 Å². The van der Waals surface area contributed by atoms with E-state index in [1.54, 1.807) is 20.8 Å². The van der Waals surface area contributed by atoms with Gasteiger partial charge in [0.1, 0.15) is 0 Å². The van der Waals surface area contributed by atoms with Gasteiger partial charge in [-0.1, -0.05) is 32.0 Å². The van der Waals surface area contributed by atoms with Crippen LogP contribution < -0.4 is 10.0 Å². The van der Waals surface area contributed by atoms with Crippen LogP contribution in [-0.2, 0) is 22.9 Å². The third-order valence-corrected chi connectivity index (χ3v) is 5.88. The lowest BCUT2D eigenvalue weighted by Crippen LogP contribution is -2.40. The van der Waals surface area contributed by atoms with Gasteiger partial charge in [-0.3, -0.25) is 4.79 Å². The van der Waals surface area contributed by atoms with Gasteiger partial charge in [0.15, 0.2) is 0 Å². The summed E-state index contributed by atoms with van der Waals surface area (Å²) in [6.45, 7) is 9.44. The number of aryl methyl sites for hydroxylation is 2. The lowest BCUT2D eigenvalue weighted by Gasteiger charge is -2.20. The van der Waals surface area contributed by atoms with Crippen molar-refractivity contribution in [2.75, 3.05) is 5.32 Å². The van der Waals surface area contributed by atoms with E-state index in [4.69, 9.17) is 0 Å². The molecule has 6 heteroatoms. The normalized spacial score (nSPS) is 12.0. The van der Waals surface area contributed by atoms with Crippen molar-refractivity contribution >= 4 is 21.6 Å². The number of anilines is 1. The van der Waals surface area contributed by atoms with Crippen LogP contribution >= 0.6 is 0 Å². The molecule has 2 rings (SSSR count). The summed E-state index contributed by atoms with van der Waals surface area (Å²) in [5, 5.41) is 2.99. The number of amides is 1. The second-order valence-electron chi connectivity index (χ2n) is 7.49. The molecular weight excluding hydrogens is 360 g/mol. The molecule has 1 amide bonds. The minimum atomic E-state index is -3.62. The first-order valence-corrected chi connectivity index (χ1v) is 10.6. The highest BCUT2D eigenvalue weighted by atomic mass is 32.2. The van der Waals surface area contributed by atoms with Gasteiger partial charge in [0, 0.05) is 16.8 Å². The zero-order valence-electron chi connectivity index (χ0n) is 16.6. The molecular formula is C21H28N2O3S. The Hall–Kier alpha value is -2.18. The van der Waals surface area contributed by atoms with Crippen LogP contribution in [0.3, 0.4) is 0 Å². The van der Waals surface area contributed by atoms with Crippen LogP contribution in [0.2, 0.25) is 0 Å². The Morgan fingerprint density at radius 2 is 1.44 bits per heavy atom. The number of hydrogen-bond donors (Lipinski definition) is 2. The van der Waals surface area contributed by atoms with Gasteiger partial charge in [-0.2, -0.15) is 0 Å². The highest BCUT2D eigenvalue weighted by Crippen LogP contribution is 2.23. The van der Waals surface area contributed by atoms with Crippen molar-refractivity contribution < 1.29 is 13.2 Å². The largest absolute Gasteiger partial charge is 0.321 e. The van der Waals surface area contributed by atoms with Crippen LogP contribution in [-0.4, -0.2) is 19.9 Å². The number of sulfonamides is 1. The molecule has 0 aliphatic carbocycles. The summed E-state index contributed by atoms with van der Waals surface area (Å²) >= 11 is 0. The van der Waals surface area contributed by atoms with Gasteiger partial charge in [0.25, 0.3) is 5.91 Å². The molecule has 146 valence electrons. The third kappa shape index (κ3) is 5.40. The minimum absolute atomic E-state index is 0.136. The molecule has 2 aromatic carbocycles. The zero-order chi connectivity index (χ0) is 20.2. The van der Waals surface area contributed by atoms with Gasteiger partial charge in [0.05, 0.1) is 4.90 Å². The Bertz CT molecular complexity index is 889. The highest BCUT2D eigenvalue weighted by Gasteiger charge is 2.22. The third-order valence-electron chi connectivity index (χ3n) is 4.10. The lowest BCUT2D eigenvalue weighted by atomic mass is 10.0. The van der Waals surface area contributed by atoms with E-state index in [9.17, 15) is 13.2 Å². The second kappa shape index (κ2) is 8.23. The molecule has 5 nitrogen and oxygen atoms in total. The average Bonchev–Trinajstić information content (AvgIpc) is 2.60. The van der Waals surface area contributed by atoms with Crippen LogP contribution in [0.4, 0.5) is 5.69 Å². The first-order valence-electron chi connectivity index (χ1n) is 9.13. The Morgan fingerprint density at radius 1 is 0.926 bits per heavy atom. The number of nitrogens with one attached hydrogen (secondary N) is 2. The fourth-order valence-electron chi connectivity index (χ4n) is 2.84. The number of benzene rings is 2. The highest BCUT2D eigenvalue weighted by molar-refractivity contribution is 7.89. The first kappa shape index (κ1) is 21.1. The fraction of sp³-hybridized carbons (Fsp3) is 0.381. The number of carbonyl (C=O) groups excluding carboxylic acids is 1. The quantitative estimate of drug-likeness (QED) is 0.781. The number of hydrogen-bond acceptors (Lipinski definition) is 3.